The fourth-order valence-electron chi connectivity index (χ4n) is 2.86. The normalized spacial score (nSPS) is 14.5. The van der Waals surface area contributed by atoms with Crippen molar-refractivity contribution < 1.29 is 4.42 Å². The number of alkyl halides is 1. The molecular formula is C16H18ClN3O. The molecule has 0 aliphatic carbocycles. The molecule has 0 aliphatic heterocycles. The lowest BCUT2D eigenvalue weighted by molar-refractivity contribution is 0.493. The second kappa shape index (κ2) is 5.19. The van der Waals surface area contributed by atoms with Crippen LogP contribution in [-0.4, -0.2) is 14.5 Å². The van der Waals surface area contributed by atoms with Gasteiger partial charge in [-0.1, -0.05) is 0 Å². The van der Waals surface area contributed by atoms with E-state index in [1.54, 1.807) is 12.4 Å². The Morgan fingerprint density at radius 1 is 1.29 bits per heavy atom. The molecule has 3 rings (SSSR count). The molecule has 0 radical (unpaired) electrons. The van der Waals surface area contributed by atoms with Crippen LogP contribution in [0.4, 0.5) is 0 Å². The van der Waals surface area contributed by atoms with Gasteiger partial charge in [0, 0.05) is 11.8 Å². The summed E-state index contributed by atoms with van der Waals surface area (Å²) in [6, 6.07) is 4.16. The molecule has 110 valence electrons. The molecule has 0 saturated carbocycles. The Kier molecular flexibility index (Phi) is 3.49. The number of hydrogen-bond donors (Lipinski definition) is 0. The van der Waals surface area contributed by atoms with Crippen LogP contribution >= 0.6 is 11.6 Å². The van der Waals surface area contributed by atoms with Crippen LogP contribution in [0.1, 0.15) is 48.2 Å². The third-order valence-electron chi connectivity index (χ3n) is 3.79. The maximum absolute atomic E-state index is 6.33. The molecule has 0 N–H and O–H groups in total. The topological polar surface area (TPSA) is 43.9 Å². The van der Waals surface area contributed by atoms with Crippen molar-refractivity contribution in [3.63, 3.8) is 0 Å². The molecule has 3 aromatic rings. The Labute approximate surface area is 128 Å². The fraction of sp³-hybridized carbons (Fsp3) is 0.375. The van der Waals surface area contributed by atoms with Crippen molar-refractivity contribution in [2.75, 3.05) is 0 Å². The predicted molar refractivity (Wildman–Crippen MR) is 83.8 cm³/mol. The van der Waals surface area contributed by atoms with E-state index in [-0.39, 0.29) is 11.4 Å². The van der Waals surface area contributed by atoms with E-state index in [1.807, 2.05) is 26.8 Å². The van der Waals surface area contributed by atoms with Gasteiger partial charge in [-0.05, 0) is 39.8 Å². The lowest BCUT2D eigenvalue weighted by atomic mass is 10.1. The summed E-state index contributed by atoms with van der Waals surface area (Å²) in [4.78, 5) is 8.78. The van der Waals surface area contributed by atoms with E-state index in [2.05, 4.69) is 27.5 Å². The first kappa shape index (κ1) is 14.1. The van der Waals surface area contributed by atoms with Crippen LogP contribution in [0.3, 0.4) is 0 Å². The summed E-state index contributed by atoms with van der Waals surface area (Å²) in [5.41, 5.74) is 3.06. The van der Waals surface area contributed by atoms with Gasteiger partial charge in [0.25, 0.3) is 0 Å². The van der Waals surface area contributed by atoms with Crippen LogP contribution in [0, 0.1) is 13.8 Å². The number of imidazole rings is 1. The van der Waals surface area contributed by atoms with Crippen LogP contribution in [0.5, 0.6) is 0 Å². The van der Waals surface area contributed by atoms with Gasteiger partial charge in [0.05, 0.1) is 23.1 Å². The van der Waals surface area contributed by atoms with Crippen LogP contribution in [0.25, 0.3) is 11.0 Å². The zero-order chi connectivity index (χ0) is 15.1. The molecule has 2 atom stereocenters. The third-order valence-corrected chi connectivity index (χ3v) is 3.99. The van der Waals surface area contributed by atoms with Crippen molar-refractivity contribution in [1.82, 2.24) is 14.5 Å². The van der Waals surface area contributed by atoms with Crippen molar-refractivity contribution in [3.8, 4) is 0 Å². The number of aryl methyl sites for hydroxylation is 2. The number of pyridine rings is 1. The molecule has 0 saturated heterocycles. The Morgan fingerprint density at radius 2 is 2.05 bits per heavy atom. The minimum Gasteiger partial charge on any atom is -0.466 e. The number of furan rings is 1. The molecule has 0 aromatic carbocycles. The summed E-state index contributed by atoms with van der Waals surface area (Å²) in [5.74, 6) is 2.70. The highest BCUT2D eigenvalue weighted by molar-refractivity contribution is 6.20. The molecule has 0 fully saturated rings. The highest BCUT2D eigenvalue weighted by Crippen LogP contribution is 2.32. The van der Waals surface area contributed by atoms with Gasteiger partial charge in [0.2, 0.25) is 0 Å². The lowest BCUT2D eigenvalue weighted by Crippen LogP contribution is -2.11. The summed E-state index contributed by atoms with van der Waals surface area (Å²) in [6.07, 6.45) is 3.55. The molecule has 4 nitrogen and oxygen atoms in total. The van der Waals surface area contributed by atoms with E-state index in [9.17, 15) is 0 Å². The Bertz CT molecular complexity index is 788. The van der Waals surface area contributed by atoms with Crippen molar-refractivity contribution in [1.29, 1.82) is 0 Å². The van der Waals surface area contributed by atoms with E-state index >= 15 is 0 Å². The zero-order valence-electron chi connectivity index (χ0n) is 12.6. The SMILES string of the molecule is Cc1cc(C(C)n2c(C(C)Cl)nc3cnccc32)c(C)o1. The van der Waals surface area contributed by atoms with E-state index in [0.717, 1.165) is 33.9 Å². The third kappa shape index (κ3) is 2.33. The largest absolute Gasteiger partial charge is 0.466 e. The first-order valence-corrected chi connectivity index (χ1v) is 7.45. The molecule has 0 spiro atoms. The quantitative estimate of drug-likeness (QED) is 0.667. The summed E-state index contributed by atoms with van der Waals surface area (Å²) in [5, 5.41) is -0.173. The number of fused-ring (bicyclic) bond motifs is 1. The minimum atomic E-state index is -0.173. The monoisotopic (exact) mass is 303 g/mol. The molecule has 2 unspecified atom stereocenters. The van der Waals surface area contributed by atoms with Gasteiger partial charge < -0.3 is 8.98 Å². The van der Waals surface area contributed by atoms with Crippen LogP contribution in [0.2, 0.25) is 0 Å². The summed E-state index contributed by atoms with van der Waals surface area (Å²) in [6.45, 7) is 8.03. The van der Waals surface area contributed by atoms with E-state index in [4.69, 9.17) is 16.0 Å². The van der Waals surface area contributed by atoms with Crippen molar-refractivity contribution >= 4 is 22.6 Å². The standard InChI is InChI=1S/C16H18ClN3O/c1-9-7-13(12(4)21-9)11(3)20-15-5-6-18-8-14(15)19-16(20)10(2)17/h5-8,10-11H,1-4H3. The first-order valence-electron chi connectivity index (χ1n) is 7.02. The average Bonchev–Trinajstić information content (AvgIpc) is 2.98. The average molecular weight is 304 g/mol. The fourth-order valence-corrected chi connectivity index (χ4v) is 3.02. The first-order chi connectivity index (χ1) is 9.99. The molecule has 0 aliphatic rings. The minimum absolute atomic E-state index is 0.103. The Balaban J connectivity index is 2.22. The Morgan fingerprint density at radius 3 is 2.67 bits per heavy atom. The summed E-state index contributed by atoms with van der Waals surface area (Å²) >= 11 is 6.33. The molecule has 5 heteroatoms. The molecular weight excluding hydrogens is 286 g/mol. The van der Waals surface area contributed by atoms with Crippen molar-refractivity contribution in [2.24, 2.45) is 0 Å². The smallest absolute Gasteiger partial charge is 0.128 e. The predicted octanol–water partition coefficient (Wildman–Crippen LogP) is 4.55. The number of rotatable bonds is 3. The maximum atomic E-state index is 6.33. The van der Waals surface area contributed by atoms with Gasteiger partial charge >= 0.3 is 0 Å². The van der Waals surface area contributed by atoms with Crippen molar-refractivity contribution in [2.45, 2.75) is 39.1 Å². The van der Waals surface area contributed by atoms with Crippen LogP contribution in [0.15, 0.2) is 28.9 Å². The van der Waals surface area contributed by atoms with E-state index < -0.39 is 0 Å². The summed E-state index contributed by atoms with van der Waals surface area (Å²) in [7, 11) is 0. The molecule has 0 amide bonds. The van der Waals surface area contributed by atoms with E-state index in [1.165, 1.54) is 0 Å². The van der Waals surface area contributed by atoms with Gasteiger partial charge in [0.1, 0.15) is 22.9 Å². The number of hydrogen-bond acceptors (Lipinski definition) is 3. The molecule has 0 bridgehead atoms. The second-order valence-electron chi connectivity index (χ2n) is 5.36. The number of halogens is 1. The molecule has 3 aromatic heterocycles. The van der Waals surface area contributed by atoms with Gasteiger partial charge in [-0.25, -0.2) is 4.98 Å². The lowest BCUT2D eigenvalue weighted by Gasteiger charge is -2.18. The molecule has 3 heterocycles. The van der Waals surface area contributed by atoms with Gasteiger partial charge in [-0.2, -0.15) is 0 Å². The highest BCUT2D eigenvalue weighted by Gasteiger charge is 2.22. The Hall–Kier alpha value is -1.81. The van der Waals surface area contributed by atoms with Crippen LogP contribution in [-0.2, 0) is 0 Å². The zero-order valence-corrected chi connectivity index (χ0v) is 13.3. The number of aromatic nitrogens is 3. The van der Waals surface area contributed by atoms with Gasteiger partial charge in [-0.3, -0.25) is 4.98 Å². The van der Waals surface area contributed by atoms with Crippen molar-refractivity contribution in [3.05, 3.63) is 47.4 Å². The van der Waals surface area contributed by atoms with E-state index in [0.29, 0.717) is 0 Å². The maximum Gasteiger partial charge on any atom is 0.128 e. The van der Waals surface area contributed by atoms with Crippen LogP contribution < -0.4 is 0 Å². The summed E-state index contributed by atoms with van der Waals surface area (Å²) < 4.78 is 7.84. The molecule has 21 heavy (non-hydrogen) atoms. The number of nitrogens with zero attached hydrogens (tertiary/aromatic N) is 3. The van der Waals surface area contributed by atoms with Gasteiger partial charge in [-0.15, -0.1) is 11.6 Å². The second-order valence-corrected chi connectivity index (χ2v) is 6.02. The highest BCUT2D eigenvalue weighted by atomic mass is 35.5. The van der Waals surface area contributed by atoms with Gasteiger partial charge in [0.15, 0.2) is 0 Å².